The van der Waals surface area contributed by atoms with E-state index < -0.39 is 16.1 Å². The molecule has 5 nitrogen and oxygen atoms in total. The standard InChI is InChI=1S/C13H16Cl3N3O2S/c1-7-4-5-8(2)9(6-7)17-11(22)18-10(13(14,15)16)19-12(20)21-3/h4-6,10H,1-3H3,(H,19,20)(H2,17,18,22)/t10-/m0/s1. The molecule has 0 heterocycles. The van der Waals surface area contributed by atoms with Crippen molar-refractivity contribution in [3.63, 3.8) is 0 Å². The quantitative estimate of drug-likeness (QED) is 0.422. The van der Waals surface area contributed by atoms with Crippen molar-refractivity contribution in [3.8, 4) is 0 Å². The first-order chi connectivity index (χ1) is 10.1. The Morgan fingerprint density at radius 3 is 2.45 bits per heavy atom. The van der Waals surface area contributed by atoms with E-state index >= 15 is 0 Å². The van der Waals surface area contributed by atoms with Gasteiger partial charge in [-0.2, -0.15) is 0 Å². The van der Waals surface area contributed by atoms with E-state index in [4.69, 9.17) is 47.0 Å². The van der Waals surface area contributed by atoms with Gasteiger partial charge in [-0.15, -0.1) is 0 Å². The largest absolute Gasteiger partial charge is 0.453 e. The Labute approximate surface area is 149 Å². The van der Waals surface area contributed by atoms with Crippen LogP contribution in [0.2, 0.25) is 0 Å². The Hall–Kier alpha value is -0.950. The highest BCUT2D eigenvalue weighted by molar-refractivity contribution is 7.80. The van der Waals surface area contributed by atoms with Gasteiger partial charge in [0.15, 0.2) is 11.3 Å². The fourth-order valence-electron chi connectivity index (χ4n) is 1.54. The molecule has 1 rings (SSSR count). The molecule has 22 heavy (non-hydrogen) atoms. The molecule has 0 saturated carbocycles. The predicted molar refractivity (Wildman–Crippen MR) is 94.9 cm³/mol. The summed E-state index contributed by atoms with van der Waals surface area (Å²) >= 11 is 22.6. The van der Waals surface area contributed by atoms with Gasteiger partial charge in [0.2, 0.25) is 3.79 Å². The number of amides is 1. The first-order valence-electron chi connectivity index (χ1n) is 6.19. The lowest BCUT2D eigenvalue weighted by Crippen LogP contribution is -2.56. The van der Waals surface area contributed by atoms with Gasteiger partial charge >= 0.3 is 6.09 Å². The van der Waals surface area contributed by atoms with Crippen LogP contribution >= 0.6 is 47.0 Å². The smallest absolute Gasteiger partial charge is 0.408 e. The van der Waals surface area contributed by atoms with Gasteiger partial charge in [-0.25, -0.2) is 4.79 Å². The second kappa shape index (κ2) is 8.06. The number of carbonyl (C=O) groups excluding carboxylic acids is 1. The van der Waals surface area contributed by atoms with Gasteiger partial charge in [0.05, 0.1) is 7.11 Å². The van der Waals surface area contributed by atoms with Crippen molar-refractivity contribution >= 4 is 63.9 Å². The van der Waals surface area contributed by atoms with Gasteiger partial charge in [-0.3, -0.25) is 5.32 Å². The molecule has 0 aromatic heterocycles. The summed E-state index contributed by atoms with van der Waals surface area (Å²) in [6, 6.07) is 5.88. The lowest BCUT2D eigenvalue weighted by Gasteiger charge is -2.27. The Bertz CT molecular complexity index is 564. The lowest BCUT2D eigenvalue weighted by atomic mass is 10.1. The van der Waals surface area contributed by atoms with Crippen molar-refractivity contribution in [3.05, 3.63) is 29.3 Å². The van der Waals surface area contributed by atoms with Crippen LogP contribution in [0.5, 0.6) is 0 Å². The van der Waals surface area contributed by atoms with E-state index in [1.807, 2.05) is 32.0 Å². The number of rotatable bonds is 3. The average molecular weight is 385 g/mol. The topological polar surface area (TPSA) is 62.4 Å². The average Bonchev–Trinajstić information content (AvgIpc) is 2.41. The minimum Gasteiger partial charge on any atom is -0.453 e. The molecule has 3 N–H and O–H groups in total. The number of anilines is 1. The second-order valence-corrected chi connectivity index (χ2v) is 7.30. The molecule has 1 atom stereocenters. The van der Waals surface area contributed by atoms with Crippen molar-refractivity contribution in [2.24, 2.45) is 0 Å². The van der Waals surface area contributed by atoms with Crippen LogP contribution in [0.15, 0.2) is 18.2 Å². The number of benzene rings is 1. The summed E-state index contributed by atoms with van der Waals surface area (Å²) in [6.45, 7) is 3.90. The number of nitrogens with one attached hydrogen (secondary N) is 3. The summed E-state index contributed by atoms with van der Waals surface area (Å²) < 4.78 is 2.66. The third kappa shape index (κ3) is 6.04. The fraction of sp³-hybridized carbons (Fsp3) is 0.385. The maximum Gasteiger partial charge on any atom is 0.408 e. The molecule has 1 aromatic carbocycles. The van der Waals surface area contributed by atoms with E-state index in [0.29, 0.717) is 0 Å². The minimum atomic E-state index is -1.82. The van der Waals surface area contributed by atoms with Crippen molar-refractivity contribution in [2.75, 3.05) is 12.4 Å². The van der Waals surface area contributed by atoms with Crippen LogP contribution in [0.1, 0.15) is 11.1 Å². The molecule has 0 bridgehead atoms. The van der Waals surface area contributed by atoms with Gasteiger partial charge in [-0.1, -0.05) is 46.9 Å². The van der Waals surface area contributed by atoms with Gasteiger partial charge in [0.1, 0.15) is 0 Å². The van der Waals surface area contributed by atoms with Gasteiger partial charge in [-0.05, 0) is 43.3 Å². The van der Waals surface area contributed by atoms with Crippen LogP contribution in [-0.4, -0.2) is 28.3 Å². The second-order valence-electron chi connectivity index (χ2n) is 4.53. The predicted octanol–water partition coefficient (Wildman–Crippen LogP) is 3.64. The van der Waals surface area contributed by atoms with E-state index in [0.717, 1.165) is 16.8 Å². The van der Waals surface area contributed by atoms with Crippen LogP contribution in [0.4, 0.5) is 10.5 Å². The molecule has 0 aliphatic carbocycles. The van der Waals surface area contributed by atoms with Crippen molar-refractivity contribution in [1.82, 2.24) is 10.6 Å². The number of carbonyl (C=O) groups is 1. The zero-order chi connectivity index (χ0) is 16.9. The monoisotopic (exact) mass is 383 g/mol. The molecule has 122 valence electrons. The van der Waals surface area contributed by atoms with Gasteiger partial charge in [0.25, 0.3) is 0 Å². The summed E-state index contributed by atoms with van der Waals surface area (Å²) in [5, 5.41) is 8.28. The number of thiocarbonyl (C=S) groups is 1. The summed E-state index contributed by atoms with van der Waals surface area (Å²) in [7, 11) is 1.21. The summed E-state index contributed by atoms with van der Waals surface area (Å²) in [5.74, 6) is 0. The number of methoxy groups -OCH3 is 1. The van der Waals surface area contributed by atoms with Crippen LogP contribution in [0, 0.1) is 13.8 Å². The molecule has 0 aliphatic heterocycles. The van der Waals surface area contributed by atoms with Gasteiger partial charge in [0, 0.05) is 5.69 Å². The Morgan fingerprint density at radius 2 is 1.91 bits per heavy atom. The Kier molecular flexibility index (Phi) is 6.99. The van der Waals surface area contributed by atoms with Crippen molar-refractivity contribution < 1.29 is 9.53 Å². The molecular formula is C13H16Cl3N3O2S. The first-order valence-corrected chi connectivity index (χ1v) is 7.73. The number of aryl methyl sites for hydroxylation is 2. The molecular weight excluding hydrogens is 369 g/mol. The maximum absolute atomic E-state index is 11.3. The third-order valence-corrected chi connectivity index (χ3v) is 3.57. The molecule has 1 aromatic rings. The van der Waals surface area contributed by atoms with Crippen molar-refractivity contribution in [2.45, 2.75) is 23.8 Å². The summed E-state index contributed by atoms with van der Waals surface area (Å²) in [6.07, 6.45) is -1.81. The highest BCUT2D eigenvalue weighted by Gasteiger charge is 2.35. The minimum absolute atomic E-state index is 0.196. The third-order valence-electron chi connectivity index (χ3n) is 2.69. The number of alkyl carbamates (subject to hydrolysis) is 1. The van der Waals surface area contributed by atoms with E-state index in [9.17, 15) is 4.79 Å². The highest BCUT2D eigenvalue weighted by atomic mass is 35.6. The number of halogens is 3. The fourth-order valence-corrected chi connectivity index (χ4v) is 2.09. The van der Waals surface area contributed by atoms with E-state index in [1.54, 1.807) is 0 Å². The van der Waals surface area contributed by atoms with Crippen LogP contribution in [0.25, 0.3) is 0 Å². The summed E-state index contributed by atoms with van der Waals surface area (Å²) in [5.41, 5.74) is 2.89. The zero-order valence-corrected chi connectivity index (χ0v) is 15.3. The first kappa shape index (κ1) is 19.1. The van der Waals surface area contributed by atoms with Crippen molar-refractivity contribution in [1.29, 1.82) is 0 Å². The van der Waals surface area contributed by atoms with Crippen LogP contribution in [-0.2, 0) is 4.74 Å². The molecule has 0 saturated heterocycles. The van der Waals surface area contributed by atoms with E-state index in [2.05, 4.69) is 20.7 Å². The maximum atomic E-state index is 11.3. The van der Waals surface area contributed by atoms with Crippen LogP contribution < -0.4 is 16.0 Å². The lowest BCUT2D eigenvalue weighted by molar-refractivity contribution is 0.166. The zero-order valence-electron chi connectivity index (χ0n) is 12.2. The highest BCUT2D eigenvalue weighted by Crippen LogP contribution is 2.29. The molecule has 1 amide bonds. The Morgan fingerprint density at radius 1 is 1.27 bits per heavy atom. The van der Waals surface area contributed by atoms with Crippen LogP contribution in [0.3, 0.4) is 0 Å². The van der Waals surface area contributed by atoms with Gasteiger partial charge < -0.3 is 15.4 Å². The SMILES string of the molecule is COC(=O)N[C@H](NC(=S)Nc1cc(C)ccc1C)C(Cl)(Cl)Cl. The molecule has 0 fully saturated rings. The number of ether oxygens (including phenoxy) is 1. The molecule has 9 heteroatoms. The number of hydrogen-bond donors (Lipinski definition) is 3. The molecule has 0 spiro atoms. The molecule has 0 radical (unpaired) electrons. The molecule has 0 unspecified atom stereocenters. The number of hydrogen-bond acceptors (Lipinski definition) is 3. The van der Waals surface area contributed by atoms with E-state index in [1.165, 1.54) is 7.11 Å². The van der Waals surface area contributed by atoms with E-state index in [-0.39, 0.29) is 5.11 Å². The Balaban J connectivity index is 2.79. The molecule has 0 aliphatic rings. The summed E-state index contributed by atoms with van der Waals surface area (Å²) in [4.78, 5) is 11.3. The number of alkyl halides is 3. The normalized spacial score (nSPS) is 12.3.